The summed E-state index contributed by atoms with van der Waals surface area (Å²) in [5.74, 6) is 1.12. The van der Waals surface area contributed by atoms with Crippen LogP contribution in [0, 0.1) is 0 Å². The van der Waals surface area contributed by atoms with Gasteiger partial charge < -0.3 is 16.0 Å². The van der Waals surface area contributed by atoms with Gasteiger partial charge in [0.05, 0.1) is 0 Å². The first-order valence-electron chi connectivity index (χ1n) is 8.77. The van der Waals surface area contributed by atoms with Gasteiger partial charge in [0.2, 0.25) is 17.8 Å². The SMILES string of the molecule is Clc1cccc(Nc2nc(Nc3ccccc3)nc(Nc3cccc(Cl)c3)n2)c1. The van der Waals surface area contributed by atoms with E-state index >= 15 is 0 Å². The molecule has 0 spiro atoms. The molecule has 0 radical (unpaired) electrons. The van der Waals surface area contributed by atoms with E-state index < -0.39 is 0 Å². The van der Waals surface area contributed by atoms with Crippen molar-refractivity contribution in [3.05, 3.63) is 88.9 Å². The van der Waals surface area contributed by atoms with E-state index in [0.29, 0.717) is 27.9 Å². The van der Waals surface area contributed by atoms with Crippen molar-refractivity contribution >= 4 is 58.1 Å². The van der Waals surface area contributed by atoms with Crippen LogP contribution in [-0.2, 0) is 0 Å². The molecular weight excluding hydrogens is 407 g/mol. The van der Waals surface area contributed by atoms with Crippen LogP contribution < -0.4 is 16.0 Å². The van der Waals surface area contributed by atoms with Crippen LogP contribution in [0.5, 0.6) is 0 Å². The lowest BCUT2D eigenvalue weighted by atomic mass is 10.3. The van der Waals surface area contributed by atoms with Gasteiger partial charge in [-0.1, -0.05) is 53.5 Å². The van der Waals surface area contributed by atoms with Gasteiger partial charge in [-0.3, -0.25) is 0 Å². The highest BCUT2D eigenvalue weighted by atomic mass is 35.5. The Hall–Kier alpha value is -3.35. The topological polar surface area (TPSA) is 74.8 Å². The Morgan fingerprint density at radius 3 is 1.34 bits per heavy atom. The zero-order chi connectivity index (χ0) is 20.1. The Labute approximate surface area is 178 Å². The second-order valence-corrected chi connectivity index (χ2v) is 6.94. The molecule has 0 unspecified atom stereocenters. The molecule has 0 amide bonds. The highest BCUT2D eigenvalue weighted by molar-refractivity contribution is 6.31. The molecule has 29 heavy (non-hydrogen) atoms. The van der Waals surface area contributed by atoms with E-state index in [1.54, 1.807) is 24.3 Å². The molecule has 0 bridgehead atoms. The molecule has 4 rings (SSSR count). The molecule has 0 aliphatic heterocycles. The van der Waals surface area contributed by atoms with Crippen LogP contribution in [0.15, 0.2) is 78.9 Å². The molecule has 0 aliphatic carbocycles. The Kier molecular flexibility index (Phi) is 5.74. The van der Waals surface area contributed by atoms with Crippen molar-refractivity contribution in [3.63, 3.8) is 0 Å². The number of hydrogen-bond acceptors (Lipinski definition) is 6. The van der Waals surface area contributed by atoms with E-state index in [4.69, 9.17) is 23.2 Å². The monoisotopic (exact) mass is 422 g/mol. The summed E-state index contributed by atoms with van der Waals surface area (Å²) in [6.45, 7) is 0. The van der Waals surface area contributed by atoms with Gasteiger partial charge in [-0.25, -0.2) is 0 Å². The van der Waals surface area contributed by atoms with Crippen LogP contribution in [0.4, 0.5) is 34.9 Å². The molecule has 0 aliphatic rings. The van der Waals surface area contributed by atoms with Gasteiger partial charge in [-0.05, 0) is 48.5 Å². The molecule has 8 heteroatoms. The molecule has 0 fully saturated rings. The summed E-state index contributed by atoms with van der Waals surface area (Å²) < 4.78 is 0. The number of para-hydroxylation sites is 1. The Balaban J connectivity index is 1.66. The maximum absolute atomic E-state index is 6.07. The molecule has 4 aromatic rings. The molecule has 3 aromatic carbocycles. The molecule has 6 nitrogen and oxygen atoms in total. The van der Waals surface area contributed by atoms with Crippen LogP contribution in [0.2, 0.25) is 10.0 Å². The number of nitrogens with one attached hydrogen (secondary N) is 3. The summed E-state index contributed by atoms with van der Waals surface area (Å²) in [7, 11) is 0. The van der Waals surface area contributed by atoms with E-state index in [-0.39, 0.29) is 0 Å². The van der Waals surface area contributed by atoms with E-state index in [2.05, 4.69) is 30.9 Å². The average molecular weight is 423 g/mol. The lowest BCUT2D eigenvalue weighted by molar-refractivity contribution is 1.06. The van der Waals surface area contributed by atoms with Crippen molar-refractivity contribution in [3.8, 4) is 0 Å². The van der Waals surface area contributed by atoms with Crippen LogP contribution in [-0.4, -0.2) is 15.0 Å². The van der Waals surface area contributed by atoms with E-state index in [1.165, 1.54) is 0 Å². The van der Waals surface area contributed by atoms with Gasteiger partial charge in [-0.2, -0.15) is 15.0 Å². The molecule has 0 atom stereocenters. The van der Waals surface area contributed by atoms with E-state index in [1.807, 2.05) is 54.6 Å². The lowest BCUT2D eigenvalue weighted by Crippen LogP contribution is -2.07. The maximum atomic E-state index is 6.07. The Morgan fingerprint density at radius 1 is 0.483 bits per heavy atom. The maximum Gasteiger partial charge on any atom is 0.233 e. The molecule has 1 heterocycles. The predicted molar refractivity (Wildman–Crippen MR) is 119 cm³/mol. The first-order chi connectivity index (χ1) is 14.1. The van der Waals surface area contributed by atoms with Crippen LogP contribution in [0.3, 0.4) is 0 Å². The highest BCUT2D eigenvalue weighted by Gasteiger charge is 2.09. The van der Waals surface area contributed by atoms with Gasteiger partial charge in [0.1, 0.15) is 0 Å². The summed E-state index contributed by atoms with van der Waals surface area (Å²) >= 11 is 12.1. The van der Waals surface area contributed by atoms with Crippen LogP contribution in [0.25, 0.3) is 0 Å². The third-order valence-electron chi connectivity index (χ3n) is 3.83. The first kappa shape index (κ1) is 19.0. The minimum atomic E-state index is 0.366. The van der Waals surface area contributed by atoms with Crippen molar-refractivity contribution in [2.45, 2.75) is 0 Å². The third kappa shape index (κ3) is 5.34. The van der Waals surface area contributed by atoms with Crippen LogP contribution in [0.1, 0.15) is 0 Å². The zero-order valence-corrected chi connectivity index (χ0v) is 16.6. The molecule has 3 N–H and O–H groups in total. The number of nitrogens with zero attached hydrogens (tertiary/aromatic N) is 3. The van der Waals surface area contributed by atoms with Crippen molar-refractivity contribution < 1.29 is 0 Å². The number of hydrogen-bond donors (Lipinski definition) is 3. The molecule has 0 saturated heterocycles. The van der Waals surface area contributed by atoms with Crippen molar-refractivity contribution in [2.24, 2.45) is 0 Å². The number of aromatic nitrogens is 3. The van der Waals surface area contributed by atoms with E-state index in [9.17, 15) is 0 Å². The molecule has 0 saturated carbocycles. The fraction of sp³-hybridized carbons (Fsp3) is 0. The van der Waals surface area contributed by atoms with Gasteiger partial charge >= 0.3 is 0 Å². The largest absolute Gasteiger partial charge is 0.324 e. The zero-order valence-electron chi connectivity index (χ0n) is 15.1. The van der Waals surface area contributed by atoms with Crippen molar-refractivity contribution in [1.82, 2.24) is 15.0 Å². The minimum Gasteiger partial charge on any atom is -0.324 e. The first-order valence-corrected chi connectivity index (χ1v) is 9.53. The Morgan fingerprint density at radius 2 is 0.897 bits per heavy atom. The van der Waals surface area contributed by atoms with Crippen molar-refractivity contribution in [1.29, 1.82) is 0 Å². The quantitative estimate of drug-likeness (QED) is 0.333. The van der Waals surface area contributed by atoms with Crippen molar-refractivity contribution in [2.75, 3.05) is 16.0 Å². The number of rotatable bonds is 6. The minimum absolute atomic E-state index is 0.366. The van der Waals surface area contributed by atoms with Gasteiger partial charge in [0, 0.05) is 27.1 Å². The highest BCUT2D eigenvalue weighted by Crippen LogP contribution is 2.23. The lowest BCUT2D eigenvalue weighted by Gasteiger charge is -2.12. The molecule has 144 valence electrons. The average Bonchev–Trinajstić information content (AvgIpc) is 2.69. The number of benzene rings is 3. The smallest absolute Gasteiger partial charge is 0.233 e. The summed E-state index contributed by atoms with van der Waals surface area (Å²) in [4.78, 5) is 13.4. The van der Waals surface area contributed by atoms with Gasteiger partial charge in [-0.15, -0.1) is 0 Å². The van der Waals surface area contributed by atoms with Gasteiger partial charge in [0.15, 0.2) is 0 Å². The third-order valence-corrected chi connectivity index (χ3v) is 4.30. The predicted octanol–water partition coefficient (Wildman–Crippen LogP) is 6.41. The van der Waals surface area contributed by atoms with E-state index in [0.717, 1.165) is 17.1 Å². The second-order valence-electron chi connectivity index (χ2n) is 6.07. The summed E-state index contributed by atoms with van der Waals surface area (Å²) in [5.41, 5.74) is 2.40. The molecular formula is C21H16Cl2N6. The van der Waals surface area contributed by atoms with Crippen LogP contribution >= 0.6 is 23.2 Å². The number of halogens is 2. The summed E-state index contributed by atoms with van der Waals surface area (Å²) in [6.07, 6.45) is 0. The fourth-order valence-corrected chi connectivity index (χ4v) is 2.97. The second kappa shape index (κ2) is 8.77. The molecule has 1 aromatic heterocycles. The van der Waals surface area contributed by atoms with Gasteiger partial charge in [0.25, 0.3) is 0 Å². The standard InChI is InChI=1S/C21H16Cl2N6/c22-14-6-4-10-17(12-14)25-20-27-19(24-16-8-2-1-3-9-16)28-21(29-20)26-18-11-5-7-15(23)13-18/h1-13H,(H3,24,25,26,27,28,29). The summed E-state index contributed by atoms with van der Waals surface area (Å²) in [6, 6.07) is 24.3. The summed E-state index contributed by atoms with van der Waals surface area (Å²) in [5, 5.41) is 10.7. The Bertz CT molecular complexity index is 1060. The number of anilines is 6. The normalized spacial score (nSPS) is 10.4. The fourth-order valence-electron chi connectivity index (χ4n) is 2.58.